The lowest BCUT2D eigenvalue weighted by Crippen LogP contribution is -2.46. The second kappa shape index (κ2) is 9.78. The highest BCUT2D eigenvalue weighted by atomic mass is 16.3. The van der Waals surface area contributed by atoms with Gasteiger partial charge in [-0.25, -0.2) is 0 Å². The molecular weight excluding hydrogens is 262 g/mol. The lowest BCUT2D eigenvalue weighted by Gasteiger charge is -2.35. The molecule has 0 amide bonds. The molecule has 4 heteroatoms. The summed E-state index contributed by atoms with van der Waals surface area (Å²) < 4.78 is 0. The van der Waals surface area contributed by atoms with Crippen molar-refractivity contribution in [3.05, 3.63) is 0 Å². The molecule has 0 radical (unpaired) electrons. The van der Waals surface area contributed by atoms with Gasteiger partial charge in [0, 0.05) is 11.6 Å². The predicted octanol–water partition coefficient (Wildman–Crippen LogP) is 1.93. The Morgan fingerprint density at radius 3 is 2.52 bits per heavy atom. The van der Waals surface area contributed by atoms with Crippen LogP contribution in [-0.2, 0) is 0 Å². The summed E-state index contributed by atoms with van der Waals surface area (Å²) in [5, 5.41) is 13.1. The highest BCUT2D eigenvalue weighted by molar-refractivity contribution is 4.82. The number of hydrogen-bond donors (Lipinski definition) is 2. The fourth-order valence-electron chi connectivity index (χ4n) is 3.14. The predicted molar refractivity (Wildman–Crippen MR) is 90.8 cm³/mol. The number of unbranched alkanes of at least 4 members (excludes halogenated alkanes) is 1. The quantitative estimate of drug-likeness (QED) is 0.605. The third-order valence-electron chi connectivity index (χ3n) is 4.95. The summed E-state index contributed by atoms with van der Waals surface area (Å²) in [6, 6.07) is 0.767. The summed E-state index contributed by atoms with van der Waals surface area (Å²) in [5.41, 5.74) is -0.0951. The highest BCUT2D eigenvalue weighted by Gasteiger charge is 2.22. The third kappa shape index (κ3) is 7.09. The minimum Gasteiger partial charge on any atom is -0.394 e. The third-order valence-corrected chi connectivity index (χ3v) is 4.95. The van der Waals surface area contributed by atoms with Crippen LogP contribution in [0.1, 0.15) is 52.4 Å². The Bertz CT molecular complexity index is 267. The second-order valence-corrected chi connectivity index (χ2v) is 7.12. The van der Waals surface area contributed by atoms with E-state index in [0.29, 0.717) is 0 Å². The number of aliphatic hydroxyl groups is 1. The van der Waals surface area contributed by atoms with E-state index in [4.69, 9.17) is 0 Å². The standard InChI is InChI=1S/C17H37N3O/c1-5-11-18-17(2,15-21)10-6-7-12-20(4)16-8-13-19(3)14-9-16/h16,18,21H,5-15H2,1-4H3. The monoisotopic (exact) mass is 299 g/mol. The van der Waals surface area contributed by atoms with Gasteiger partial charge in [-0.3, -0.25) is 0 Å². The van der Waals surface area contributed by atoms with Crippen LogP contribution in [0, 0.1) is 0 Å². The van der Waals surface area contributed by atoms with Gasteiger partial charge in [0.15, 0.2) is 0 Å². The summed E-state index contributed by atoms with van der Waals surface area (Å²) in [7, 11) is 4.49. The van der Waals surface area contributed by atoms with Crippen LogP contribution >= 0.6 is 0 Å². The Kier molecular flexibility index (Phi) is 8.79. The maximum atomic E-state index is 9.57. The molecule has 0 aromatic carbocycles. The summed E-state index contributed by atoms with van der Waals surface area (Å²) >= 11 is 0. The van der Waals surface area contributed by atoms with Crippen LogP contribution in [0.3, 0.4) is 0 Å². The Morgan fingerprint density at radius 1 is 1.29 bits per heavy atom. The lowest BCUT2D eigenvalue weighted by atomic mass is 9.95. The van der Waals surface area contributed by atoms with E-state index in [0.717, 1.165) is 25.4 Å². The molecule has 0 bridgehead atoms. The van der Waals surface area contributed by atoms with Crippen molar-refractivity contribution in [2.75, 3.05) is 46.9 Å². The molecule has 1 atom stereocenters. The maximum Gasteiger partial charge on any atom is 0.0610 e. The number of likely N-dealkylation sites (tertiary alicyclic amines) is 1. The molecule has 0 spiro atoms. The van der Waals surface area contributed by atoms with Crippen molar-refractivity contribution in [3.8, 4) is 0 Å². The van der Waals surface area contributed by atoms with Gasteiger partial charge in [0.05, 0.1) is 6.61 Å². The lowest BCUT2D eigenvalue weighted by molar-refractivity contribution is 0.137. The highest BCUT2D eigenvalue weighted by Crippen LogP contribution is 2.17. The minimum atomic E-state index is -0.0951. The zero-order valence-electron chi connectivity index (χ0n) is 14.7. The topological polar surface area (TPSA) is 38.7 Å². The fraction of sp³-hybridized carbons (Fsp3) is 1.00. The van der Waals surface area contributed by atoms with E-state index in [1.807, 2.05) is 0 Å². The van der Waals surface area contributed by atoms with Gasteiger partial charge >= 0.3 is 0 Å². The molecular formula is C17H37N3O. The van der Waals surface area contributed by atoms with Gasteiger partial charge in [0.2, 0.25) is 0 Å². The smallest absolute Gasteiger partial charge is 0.0610 e. The molecule has 0 aromatic heterocycles. The van der Waals surface area contributed by atoms with E-state index in [1.165, 1.54) is 45.3 Å². The van der Waals surface area contributed by atoms with Gasteiger partial charge in [-0.1, -0.05) is 13.3 Å². The molecule has 0 saturated carbocycles. The Balaban J connectivity index is 2.17. The molecule has 1 unspecified atom stereocenters. The van der Waals surface area contributed by atoms with Gasteiger partial charge in [-0.05, 0) is 79.3 Å². The molecule has 21 heavy (non-hydrogen) atoms. The van der Waals surface area contributed by atoms with Gasteiger partial charge in [0.1, 0.15) is 0 Å². The van der Waals surface area contributed by atoms with Crippen LogP contribution < -0.4 is 5.32 Å². The van der Waals surface area contributed by atoms with E-state index in [-0.39, 0.29) is 12.1 Å². The maximum absolute atomic E-state index is 9.57. The first-order valence-corrected chi connectivity index (χ1v) is 8.75. The second-order valence-electron chi connectivity index (χ2n) is 7.12. The van der Waals surface area contributed by atoms with Crippen LogP contribution in [0.5, 0.6) is 0 Å². The summed E-state index contributed by atoms with van der Waals surface area (Å²) in [6.45, 7) is 9.19. The van der Waals surface area contributed by atoms with E-state index >= 15 is 0 Å². The van der Waals surface area contributed by atoms with Crippen molar-refractivity contribution in [2.24, 2.45) is 0 Å². The Morgan fingerprint density at radius 2 is 1.95 bits per heavy atom. The fourth-order valence-corrected chi connectivity index (χ4v) is 3.14. The number of nitrogens with zero attached hydrogens (tertiary/aromatic N) is 2. The zero-order valence-corrected chi connectivity index (χ0v) is 14.7. The van der Waals surface area contributed by atoms with Crippen molar-refractivity contribution in [2.45, 2.75) is 64.0 Å². The molecule has 1 aliphatic heterocycles. The van der Waals surface area contributed by atoms with Gasteiger partial charge in [-0.15, -0.1) is 0 Å². The normalized spacial score (nSPS) is 20.9. The first-order valence-electron chi connectivity index (χ1n) is 8.75. The number of nitrogens with one attached hydrogen (secondary N) is 1. The van der Waals surface area contributed by atoms with Gasteiger partial charge in [0.25, 0.3) is 0 Å². The minimum absolute atomic E-state index is 0.0951. The van der Waals surface area contributed by atoms with E-state index in [2.05, 4.69) is 43.1 Å². The number of aliphatic hydroxyl groups excluding tert-OH is 1. The van der Waals surface area contributed by atoms with Crippen LogP contribution in [0.25, 0.3) is 0 Å². The molecule has 2 N–H and O–H groups in total. The van der Waals surface area contributed by atoms with E-state index in [1.54, 1.807) is 0 Å². The van der Waals surface area contributed by atoms with E-state index in [9.17, 15) is 5.11 Å². The van der Waals surface area contributed by atoms with Crippen LogP contribution in [0.15, 0.2) is 0 Å². The van der Waals surface area contributed by atoms with Crippen LogP contribution in [0.4, 0.5) is 0 Å². The Labute approximate surface area is 131 Å². The van der Waals surface area contributed by atoms with E-state index < -0.39 is 0 Å². The van der Waals surface area contributed by atoms with Crippen molar-refractivity contribution < 1.29 is 5.11 Å². The molecule has 1 rings (SSSR count). The average Bonchev–Trinajstić information content (AvgIpc) is 2.50. The number of piperidine rings is 1. The van der Waals surface area contributed by atoms with Gasteiger partial charge < -0.3 is 20.2 Å². The van der Waals surface area contributed by atoms with Gasteiger partial charge in [-0.2, -0.15) is 0 Å². The van der Waals surface area contributed by atoms with Crippen molar-refractivity contribution in [1.29, 1.82) is 0 Å². The molecule has 1 fully saturated rings. The first kappa shape index (κ1) is 18.9. The largest absolute Gasteiger partial charge is 0.394 e. The molecule has 1 heterocycles. The van der Waals surface area contributed by atoms with Crippen LogP contribution in [-0.4, -0.2) is 73.4 Å². The molecule has 1 aliphatic rings. The van der Waals surface area contributed by atoms with Crippen LogP contribution in [0.2, 0.25) is 0 Å². The molecule has 0 aliphatic carbocycles. The molecule has 0 aromatic rings. The number of rotatable bonds is 10. The molecule has 4 nitrogen and oxygen atoms in total. The average molecular weight is 300 g/mol. The van der Waals surface area contributed by atoms with Crippen molar-refractivity contribution in [3.63, 3.8) is 0 Å². The SMILES string of the molecule is CCCNC(C)(CO)CCCCN(C)C1CCN(C)CC1. The molecule has 126 valence electrons. The first-order chi connectivity index (χ1) is 10.0. The summed E-state index contributed by atoms with van der Waals surface area (Å²) in [5.74, 6) is 0. The molecule has 1 saturated heterocycles. The summed E-state index contributed by atoms with van der Waals surface area (Å²) in [6.07, 6.45) is 7.20. The Hall–Kier alpha value is -0.160. The number of hydrogen-bond acceptors (Lipinski definition) is 4. The van der Waals surface area contributed by atoms with Crippen molar-refractivity contribution >= 4 is 0 Å². The summed E-state index contributed by atoms with van der Waals surface area (Å²) in [4.78, 5) is 4.97. The zero-order chi connectivity index (χ0) is 15.7. The van der Waals surface area contributed by atoms with Crippen molar-refractivity contribution in [1.82, 2.24) is 15.1 Å².